The Morgan fingerprint density at radius 1 is 1.53 bits per heavy atom. The Morgan fingerprint density at radius 2 is 2.24 bits per heavy atom. The summed E-state index contributed by atoms with van der Waals surface area (Å²) < 4.78 is 0. The van der Waals surface area contributed by atoms with Crippen LogP contribution in [0.25, 0.3) is 0 Å². The highest BCUT2D eigenvalue weighted by atomic mass is 32.1. The summed E-state index contributed by atoms with van der Waals surface area (Å²) >= 11 is 1.84. The van der Waals surface area contributed by atoms with Crippen molar-refractivity contribution in [2.24, 2.45) is 11.7 Å². The van der Waals surface area contributed by atoms with Gasteiger partial charge in [0.25, 0.3) is 0 Å². The van der Waals surface area contributed by atoms with E-state index in [1.165, 1.54) is 17.7 Å². The molecular formula is C14H24N2S. The maximum Gasteiger partial charge on any atom is 0.0338 e. The van der Waals surface area contributed by atoms with Crippen molar-refractivity contribution in [2.45, 2.75) is 51.7 Å². The van der Waals surface area contributed by atoms with Gasteiger partial charge in [0.15, 0.2) is 0 Å². The Balaban J connectivity index is 2.15. The highest BCUT2D eigenvalue weighted by molar-refractivity contribution is 7.09. The Bertz CT molecular complexity index is 343. The normalized spacial score (nSPS) is 19.9. The standard InChI is InChI=1S/C14H24N2S/c1-11(2)16(9-13-5-4-8-17-13)14(3,10-15)12-6-7-12/h4-5,8,11-12H,6-7,9-10,15H2,1-3H3. The molecule has 1 fully saturated rings. The SMILES string of the molecule is CC(C)N(Cc1cccs1)C(C)(CN)C1CC1. The molecule has 1 saturated carbocycles. The maximum atomic E-state index is 6.08. The minimum absolute atomic E-state index is 0.179. The van der Waals surface area contributed by atoms with E-state index in [4.69, 9.17) is 5.73 Å². The molecule has 0 spiro atoms. The predicted molar refractivity (Wildman–Crippen MR) is 75.2 cm³/mol. The smallest absolute Gasteiger partial charge is 0.0338 e. The van der Waals surface area contributed by atoms with Gasteiger partial charge in [-0.25, -0.2) is 0 Å². The number of thiophene rings is 1. The number of hydrogen-bond acceptors (Lipinski definition) is 3. The van der Waals surface area contributed by atoms with Gasteiger partial charge in [-0.15, -0.1) is 11.3 Å². The van der Waals surface area contributed by atoms with Crippen LogP contribution in [0.5, 0.6) is 0 Å². The van der Waals surface area contributed by atoms with Gasteiger partial charge in [-0.2, -0.15) is 0 Å². The maximum absolute atomic E-state index is 6.08. The molecule has 0 bridgehead atoms. The molecule has 96 valence electrons. The Labute approximate surface area is 109 Å². The van der Waals surface area contributed by atoms with Crippen LogP contribution in [0.1, 0.15) is 38.5 Å². The van der Waals surface area contributed by atoms with Gasteiger partial charge < -0.3 is 5.73 Å². The van der Waals surface area contributed by atoms with Crippen LogP contribution in [-0.4, -0.2) is 23.0 Å². The van der Waals surface area contributed by atoms with E-state index in [9.17, 15) is 0 Å². The molecule has 0 radical (unpaired) electrons. The summed E-state index contributed by atoms with van der Waals surface area (Å²) in [6.45, 7) is 8.72. The van der Waals surface area contributed by atoms with Gasteiger partial charge in [0.1, 0.15) is 0 Å². The van der Waals surface area contributed by atoms with Crippen LogP contribution >= 0.6 is 11.3 Å². The first-order valence-corrected chi connectivity index (χ1v) is 7.45. The lowest BCUT2D eigenvalue weighted by atomic mass is 9.92. The zero-order valence-electron chi connectivity index (χ0n) is 11.1. The van der Waals surface area contributed by atoms with Crippen LogP contribution in [-0.2, 0) is 6.54 Å². The molecule has 17 heavy (non-hydrogen) atoms. The molecule has 2 rings (SSSR count). The van der Waals surface area contributed by atoms with E-state index in [2.05, 4.69) is 43.2 Å². The number of nitrogens with two attached hydrogens (primary N) is 1. The zero-order chi connectivity index (χ0) is 12.5. The first-order chi connectivity index (χ1) is 8.08. The molecule has 2 N–H and O–H groups in total. The third-order valence-corrected chi connectivity index (χ3v) is 4.92. The van der Waals surface area contributed by atoms with Crippen molar-refractivity contribution in [3.8, 4) is 0 Å². The average molecular weight is 252 g/mol. The molecule has 1 heterocycles. The van der Waals surface area contributed by atoms with Crippen LogP contribution in [0.3, 0.4) is 0 Å². The number of hydrogen-bond donors (Lipinski definition) is 1. The molecule has 0 aromatic carbocycles. The summed E-state index contributed by atoms with van der Waals surface area (Å²) in [5, 5.41) is 2.16. The second-order valence-electron chi connectivity index (χ2n) is 5.64. The van der Waals surface area contributed by atoms with Crippen LogP contribution in [0, 0.1) is 5.92 Å². The van der Waals surface area contributed by atoms with E-state index < -0.39 is 0 Å². The average Bonchev–Trinajstić information content (AvgIpc) is 3.04. The van der Waals surface area contributed by atoms with Crippen molar-refractivity contribution < 1.29 is 0 Å². The van der Waals surface area contributed by atoms with Gasteiger partial charge in [-0.1, -0.05) is 6.07 Å². The van der Waals surface area contributed by atoms with Crippen molar-refractivity contribution >= 4 is 11.3 Å². The van der Waals surface area contributed by atoms with Crippen LogP contribution < -0.4 is 5.73 Å². The minimum Gasteiger partial charge on any atom is -0.329 e. The molecule has 3 heteroatoms. The molecule has 1 unspecified atom stereocenters. The zero-order valence-corrected chi connectivity index (χ0v) is 12.0. The summed E-state index contributed by atoms with van der Waals surface area (Å²) in [4.78, 5) is 4.04. The van der Waals surface area contributed by atoms with Crippen LogP contribution in [0.2, 0.25) is 0 Å². The van der Waals surface area contributed by atoms with Gasteiger partial charge >= 0.3 is 0 Å². The van der Waals surface area contributed by atoms with Gasteiger partial charge in [-0.05, 0) is 51.0 Å². The van der Waals surface area contributed by atoms with Crippen LogP contribution in [0.4, 0.5) is 0 Å². The summed E-state index contributed by atoms with van der Waals surface area (Å²) in [5.74, 6) is 0.801. The van der Waals surface area contributed by atoms with Gasteiger partial charge in [-0.3, -0.25) is 4.90 Å². The molecule has 1 atom stereocenters. The Morgan fingerprint density at radius 3 is 2.65 bits per heavy atom. The fourth-order valence-corrected chi connectivity index (χ4v) is 3.45. The van der Waals surface area contributed by atoms with Crippen LogP contribution in [0.15, 0.2) is 17.5 Å². The lowest BCUT2D eigenvalue weighted by molar-refractivity contribution is 0.0502. The Hall–Kier alpha value is -0.380. The third-order valence-electron chi connectivity index (χ3n) is 4.06. The largest absolute Gasteiger partial charge is 0.329 e. The van der Waals surface area contributed by atoms with E-state index in [-0.39, 0.29) is 5.54 Å². The fraction of sp³-hybridized carbons (Fsp3) is 0.714. The van der Waals surface area contributed by atoms with E-state index in [1.54, 1.807) is 0 Å². The van der Waals surface area contributed by atoms with Crippen molar-refractivity contribution in [2.75, 3.05) is 6.54 Å². The van der Waals surface area contributed by atoms with Gasteiger partial charge in [0.2, 0.25) is 0 Å². The highest BCUT2D eigenvalue weighted by Gasteiger charge is 2.45. The second-order valence-corrected chi connectivity index (χ2v) is 6.67. The van der Waals surface area contributed by atoms with Crippen molar-refractivity contribution in [1.82, 2.24) is 4.90 Å². The lowest BCUT2D eigenvalue weighted by Gasteiger charge is -2.43. The van der Waals surface area contributed by atoms with E-state index in [0.717, 1.165) is 19.0 Å². The summed E-state index contributed by atoms with van der Waals surface area (Å²) in [6.07, 6.45) is 2.70. The third kappa shape index (κ3) is 2.72. The number of nitrogens with zero attached hydrogens (tertiary/aromatic N) is 1. The lowest BCUT2D eigenvalue weighted by Crippen LogP contribution is -2.55. The first kappa shape index (κ1) is 13.1. The van der Waals surface area contributed by atoms with Crippen molar-refractivity contribution in [3.63, 3.8) is 0 Å². The molecule has 0 aliphatic heterocycles. The molecule has 1 aromatic rings. The monoisotopic (exact) mass is 252 g/mol. The highest BCUT2D eigenvalue weighted by Crippen LogP contribution is 2.43. The summed E-state index contributed by atoms with van der Waals surface area (Å²) in [7, 11) is 0. The van der Waals surface area contributed by atoms with Gasteiger partial charge in [0.05, 0.1) is 0 Å². The fourth-order valence-electron chi connectivity index (χ4n) is 2.75. The van der Waals surface area contributed by atoms with Crippen molar-refractivity contribution in [1.29, 1.82) is 0 Å². The summed E-state index contributed by atoms with van der Waals surface area (Å²) in [5.41, 5.74) is 6.26. The Kier molecular flexibility index (Phi) is 3.91. The molecule has 0 amide bonds. The number of rotatable bonds is 6. The topological polar surface area (TPSA) is 29.3 Å². The van der Waals surface area contributed by atoms with E-state index in [1.807, 2.05) is 11.3 Å². The molecule has 0 saturated heterocycles. The quantitative estimate of drug-likeness (QED) is 0.843. The van der Waals surface area contributed by atoms with Crippen molar-refractivity contribution in [3.05, 3.63) is 22.4 Å². The molecule has 2 nitrogen and oxygen atoms in total. The molecular weight excluding hydrogens is 228 g/mol. The van der Waals surface area contributed by atoms with E-state index >= 15 is 0 Å². The summed E-state index contributed by atoms with van der Waals surface area (Å²) in [6, 6.07) is 4.91. The first-order valence-electron chi connectivity index (χ1n) is 6.57. The van der Waals surface area contributed by atoms with Gasteiger partial charge in [0, 0.05) is 29.5 Å². The second kappa shape index (κ2) is 5.09. The predicted octanol–water partition coefficient (Wildman–Crippen LogP) is 3.09. The molecule has 1 aliphatic carbocycles. The minimum atomic E-state index is 0.179. The molecule has 1 aromatic heterocycles. The molecule has 1 aliphatic rings. The van der Waals surface area contributed by atoms with E-state index in [0.29, 0.717) is 6.04 Å².